The Morgan fingerprint density at radius 2 is 1.94 bits per heavy atom. The highest BCUT2D eigenvalue weighted by Gasteiger charge is 2.20. The highest BCUT2D eigenvalue weighted by molar-refractivity contribution is 7.86. The Kier molecular flexibility index (Phi) is 4.90. The predicted octanol–water partition coefficient (Wildman–Crippen LogP) is 2.14. The molecule has 0 aliphatic rings. The second-order valence-electron chi connectivity index (χ2n) is 5.05. The van der Waals surface area contributed by atoms with Gasteiger partial charge in [0.15, 0.2) is 0 Å². The zero-order chi connectivity index (χ0) is 13.8. The number of nitrogen functional groups attached to an aromatic ring is 1. The zero-order valence-corrected chi connectivity index (χ0v) is 11.8. The number of carbonyl (C=O) groups excluding carboxylic acids is 1. The van der Waals surface area contributed by atoms with Gasteiger partial charge in [0.05, 0.1) is 11.4 Å². The van der Waals surface area contributed by atoms with Gasteiger partial charge >= 0.3 is 0 Å². The quantitative estimate of drug-likeness (QED) is 0.822. The van der Waals surface area contributed by atoms with Crippen LogP contribution >= 0.6 is 0 Å². The van der Waals surface area contributed by atoms with Crippen molar-refractivity contribution < 1.29 is 9.00 Å². The maximum atomic E-state index is 11.8. The van der Waals surface area contributed by atoms with Crippen LogP contribution in [0.4, 0.5) is 11.4 Å². The average Bonchev–Trinajstić information content (AvgIpc) is 2.27. The summed E-state index contributed by atoms with van der Waals surface area (Å²) in [6.45, 7) is 5.70. The Morgan fingerprint density at radius 3 is 2.50 bits per heavy atom. The average molecular weight is 268 g/mol. The lowest BCUT2D eigenvalue weighted by molar-refractivity contribution is -0.115. The van der Waals surface area contributed by atoms with E-state index in [-0.39, 0.29) is 17.1 Å². The molecule has 0 bridgehead atoms. The van der Waals surface area contributed by atoms with Gasteiger partial charge in [-0.05, 0) is 32.9 Å². The van der Waals surface area contributed by atoms with Gasteiger partial charge in [-0.15, -0.1) is 0 Å². The number of para-hydroxylation sites is 2. The second-order valence-corrected chi connectivity index (χ2v) is 7.37. The number of hydrogen-bond acceptors (Lipinski definition) is 3. The van der Waals surface area contributed by atoms with Gasteiger partial charge in [-0.1, -0.05) is 12.1 Å². The molecule has 0 radical (unpaired) electrons. The lowest BCUT2D eigenvalue weighted by Gasteiger charge is -2.17. The van der Waals surface area contributed by atoms with Crippen LogP contribution in [0, 0.1) is 0 Å². The number of hydrogen-bond donors (Lipinski definition) is 2. The van der Waals surface area contributed by atoms with Crippen molar-refractivity contribution in [2.75, 3.05) is 16.8 Å². The van der Waals surface area contributed by atoms with Crippen LogP contribution in [-0.4, -0.2) is 20.6 Å². The number of carbonyl (C=O) groups is 1. The maximum Gasteiger partial charge on any atom is 0.225 e. The molecule has 1 aromatic carbocycles. The standard InChI is InChI=1S/C13H20N2O2S/c1-13(2,3)18(17)9-8-12(16)15-11-7-5-4-6-10(11)14/h4-7H,8-9,14H2,1-3H3,(H,15,16). The van der Waals surface area contributed by atoms with Crippen molar-refractivity contribution in [3.05, 3.63) is 24.3 Å². The van der Waals surface area contributed by atoms with E-state index in [1.54, 1.807) is 24.3 Å². The van der Waals surface area contributed by atoms with Crippen molar-refractivity contribution in [2.24, 2.45) is 0 Å². The first kappa shape index (κ1) is 14.7. The minimum Gasteiger partial charge on any atom is -0.397 e. The number of amides is 1. The Hall–Kier alpha value is -1.36. The molecule has 4 nitrogen and oxygen atoms in total. The molecule has 0 saturated heterocycles. The first-order chi connectivity index (χ1) is 8.30. The fourth-order valence-corrected chi connectivity index (χ4v) is 2.30. The van der Waals surface area contributed by atoms with E-state index in [0.29, 0.717) is 17.1 Å². The lowest BCUT2D eigenvalue weighted by atomic mass is 10.2. The number of rotatable bonds is 4. The summed E-state index contributed by atoms with van der Waals surface area (Å²) in [6.07, 6.45) is 0.234. The van der Waals surface area contributed by atoms with Crippen molar-refractivity contribution in [1.82, 2.24) is 0 Å². The van der Waals surface area contributed by atoms with E-state index in [1.807, 2.05) is 20.8 Å². The molecule has 0 spiro atoms. The third-order valence-corrected chi connectivity index (χ3v) is 4.37. The highest BCUT2D eigenvalue weighted by Crippen LogP contribution is 2.17. The van der Waals surface area contributed by atoms with Gasteiger partial charge in [0.25, 0.3) is 0 Å². The van der Waals surface area contributed by atoms with E-state index in [0.717, 1.165) is 0 Å². The van der Waals surface area contributed by atoms with Crippen LogP contribution in [0.3, 0.4) is 0 Å². The smallest absolute Gasteiger partial charge is 0.225 e. The van der Waals surface area contributed by atoms with E-state index in [2.05, 4.69) is 5.32 Å². The number of nitrogens with two attached hydrogens (primary N) is 1. The Morgan fingerprint density at radius 1 is 1.33 bits per heavy atom. The summed E-state index contributed by atoms with van der Waals surface area (Å²) in [5, 5.41) is 2.72. The summed E-state index contributed by atoms with van der Waals surface area (Å²) in [5.74, 6) is 0.202. The molecule has 0 aliphatic carbocycles. The van der Waals surface area contributed by atoms with Crippen molar-refractivity contribution in [3.8, 4) is 0 Å². The molecule has 18 heavy (non-hydrogen) atoms. The number of nitrogens with one attached hydrogen (secondary N) is 1. The van der Waals surface area contributed by atoms with E-state index in [4.69, 9.17) is 5.73 Å². The third-order valence-electron chi connectivity index (χ3n) is 2.43. The Balaban J connectivity index is 2.49. The van der Waals surface area contributed by atoms with E-state index >= 15 is 0 Å². The van der Waals surface area contributed by atoms with Crippen molar-refractivity contribution in [2.45, 2.75) is 31.9 Å². The van der Waals surface area contributed by atoms with Gasteiger partial charge in [-0.25, -0.2) is 0 Å². The molecule has 5 heteroatoms. The van der Waals surface area contributed by atoms with E-state index in [9.17, 15) is 9.00 Å². The Labute approximate surface area is 110 Å². The molecule has 3 N–H and O–H groups in total. The fraction of sp³-hybridized carbons (Fsp3) is 0.462. The van der Waals surface area contributed by atoms with Crippen LogP contribution in [0.15, 0.2) is 24.3 Å². The third kappa shape index (κ3) is 4.49. The van der Waals surface area contributed by atoms with Gasteiger partial charge in [0.2, 0.25) is 5.91 Å². The summed E-state index contributed by atoms with van der Waals surface area (Å²) >= 11 is 0. The summed E-state index contributed by atoms with van der Waals surface area (Å²) in [7, 11) is -1.01. The molecule has 100 valence electrons. The van der Waals surface area contributed by atoms with E-state index < -0.39 is 10.8 Å². The number of benzene rings is 1. The monoisotopic (exact) mass is 268 g/mol. The maximum absolute atomic E-state index is 11.8. The molecule has 1 rings (SSSR count). The summed E-state index contributed by atoms with van der Waals surface area (Å²) in [5.41, 5.74) is 6.85. The molecule has 1 aromatic rings. The van der Waals surface area contributed by atoms with Gasteiger partial charge in [0, 0.05) is 27.7 Å². The molecule has 0 aromatic heterocycles. The van der Waals surface area contributed by atoms with Crippen LogP contribution in [0.25, 0.3) is 0 Å². The van der Waals surface area contributed by atoms with Crippen LogP contribution in [0.5, 0.6) is 0 Å². The van der Waals surface area contributed by atoms with Crippen molar-refractivity contribution >= 4 is 28.1 Å². The molecule has 0 heterocycles. The molecule has 0 fully saturated rings. The molecule has 1 unspecified atom stereocenters. The summed E-state index contributed by atoms with van der Waals surface area (Å²) < 4.78 is 11.5. The topological polar surface area (TPSA) is 72.2 Å². The molecular formula is C13H20N2O2S. The Bertz CT molecular complexity index is 453. The lowest BCUT2D eigenvalue weighted by Crippen LogP contribution is -2.26. The minimum atomic E-state index is -1.01. The van der Waals surface area contributed by atoms with Gasteiger partial charge in [-0.3, -0.25) is 9.00 Å². The van der Waals surface area contributed by atoms with Crippen molar-refractivity contribution in [1.29, 1.82) is 0 Å². The zero-order valence-electron chi connectivity index (χ0n) is 11.0. The van der Waals surface area contributed by atoms with Crippen LogP contribution in [0.1, 0.15) is 27.2 Å². The summed E-state index contributed by atoms with van der Waals surface area (Å²) in [4.78, 5) is 11.7. The number of anilines is 2. The molecule has 1 atom stereocenters. The van der Waals surface area contributed by atoms with Crippen molar-refractivity contribution in [3.63, 3.8) is 0 Å². The first-order valence-corrected chi connectivity index (χ1v) is 7.15. The second kappa shape index (κ2) is 6.00. The largest absolute Gasteiger partial charge is 0.397 e. The fourth-order valence-electron chi connectivity index (χ4n) is 1.32. The molecular weight excluding hydrogens is 248 g/mol. The molecule has 1 amide bonds. The minimum absolute atomic E-state index is 0.162. The van der Waals surface area contributed by atoms with E-state index in [1.165, 1.54) is 0 Å². The van der Waals surface area contributed by atoms with Gasteiger partial charge in [-0.2, -0.15) is 0 Å². The summed E-state index contributed by atoms with van der Waals surface area (Å²) in [6, 6.07) is 7.08. The van der Waals surface area contributed by atoms with Crippen LogP contribution in [-0.2, 0) is 15.6 Å². The predicted molar refractivity (Wildman–Crippen MR) is 76.9 cm³/mol. The SMILES string of the molecule is CC(C)(C)S(=O)CCC(=O)Nc1ccccc1N. The van der Waals surface area contributed by atoms with Crippen LogP contribution in [0.2, 0.25) is 0 Å². The normalized spacial score (nSPS) is 13.1. The highest BCUT2D eigenvalue weighted by atomic mass is 32.2. The van der Waals surface area contributed by atoms with Crippen LogP contribution < -0.4 is 11.1 Å². The molecule has 0 saturated carbocycles. The van der Waals surface area contributed by atoms with Gasteiger partial charge < -0.3 is 11.1 Å². The first-order valence-electron chi connectivity index (χ1n) is 5.83. The van der Waals surface area contributed by atoms with Gasteiger partial charge in [0.1, 0.15) is 0 Å². The molecule has 0 aliphatic heterocycles.